The largest absolute Gasteiger partial charge is 0.385 e. The molecule has 0 radical (unpaired) electrons. The number of rotatable bonds is 6. The second-order valence-electron chi connectivity index (χ2n) is 7.77. The lowest BCUT2D eigenvalue weighted by molar-refractivity contribution is 0.164. The number of aliphatic hydroxyl groups is 1. The van der Waals surface area contributed by atoms with E-state index in [0.29, 0.717) is 5.92 Å². The Kier molecular flexibility index (Phi) is 8.00. The molecule has 1 aromatic heterocycles. The summed E-state index contributed by atoms with van der Waals surface area (Å²) in [4.78, 5) is 1.04. The second kappa shape index (κ2) is 9.77. The second-order valence-corrected chi connectivity index (χ2v) is 8.71. The summed E-state index contributed by atoms with van der Waals surface area (Å²) in [5.41, 5.74) is 3.87. The third-order valence-corrected chi connectivity index (χ3v) is 6.47. The predicted molar refractivity (Wildman–Crippen MR) is 116 cm³/mol. The molecule has 1 aromatic carbocycles. The first kappa shape index (κ1) is 21.3. The minimum atomic E-state index is -0.476. The highest BCUT2D eigenvalue weighted by Gasteiger charge is 2.19. The van der Waals surface area contributed by atoms with Gasteiger partial charge in [-0.25, -0.2) is 0 Å². The summed E-state index contributed by atoms with van der Waals surface area (Å²) in [6, 6.07) is 11.0. The first-order valence-corrected chi connectivity index (χ1v) is 10.6. The number of benzene rings is 1. The fraction of sp³-hybridized carbons (Fsp3) is 0.545. The van der Waals surface area contributed by atoms with Crippen LogP contribution in [0.1, 0.15) is 86.8 Å². The Balaban J connectivity index is 0.00000243. The summed E-state index contributed by atoms with van der Waals surface area (Å²) < 4.78 is 0. The molecule has 2 atom stereocenters. The van der Waals surface area contributed by atoms with Crippen LogP contribution in [0.3, 0.4) is 0 Å². The highest BCUT2D eigenvalue weighted by molar-refractivity contribution is 7.10. The van der Waals surface area contributed by atoms with Gasteiger partial charge in [-0.05, 0) is 66.3 Å². The highest BCUT2D eigenvalue weighted by atomic mass is 35.5. The average molecular weight is 394 g/mol. The van der Waals surface area contributed by atoms with Crippen molar-refractivity contribution < 1.29 is 5.11 Å². The number of thiophene rings is 1. The molecule has 144 valence electrons. The van der Waals surface area contributed by atoms with E-state index in [9.17, 15) is 5.11 Å². The molecule has 0 amide bonds. The van der Waals surface area contributed by atoms with Crippen LogP contribution >= 0.6 is 23.7 Å². The van der Waals surface area contributed by atoms with Crippen LogP contribution in [0.4, 0.5) is 5.69 Å². The van der Waals surface area contributed by atoms with Gasteiger partial charge in [-0.15, -0.1) is 23.7 Å². The van der Waals surface area contributed by atoms with Crippen LogP contribution < -0.4 is 5.32 Å². The molecule has 0 saturated heterocycles. The Morgan fingerprint density at radius 2 is 1.69 bits per heavy atom. The van der Waals surface area contributed by atoms with Gasteiger partial charge < -0.3 is 10.4 Å². The van der Waals surface area contributed by atoms with Crippen molar-refractivity contribution in [3.8, 4) is 0 Å². The zero-order valence-corrected chi connectivity index (χ0v) is 17.7. The summed E-state index contributed by atoms with van der Waals surface area (Å²) in [5.74, 6) is 1.25. The lowest BCUT2D eigenvalue weighted by atomic mass is 9.84. The number of hydrogen-bond acceptors (Lipinski definition) is 3. The summed E-state index contributed by atoms with van der Waals surface area (Å²) in [7, 11) is 0. The molecule has 1 aliphatic carbocycles. The Morgan fingerprint density at radius 1 is 1.04 bits per heavy atom. The molecule has 1 aliphatic rings. The summed E-state index contributed by atoms with van der Waals surface area (Å²) in [6.07, 6.45) is 6.32. The molecular formula is C22H32ClNOS. The van der Waals surface area contributed by atoms with Crippen molar-refractivity contribution in [2.24, 2.45) is 0 Å². The fourth-order valence-corrected chi connectivity index (χ4v) is 4.86. The van der Waals surface area contributed by atoms with Gasteiger partial charge in [-0.3, -0.25) is 0 Å². The maximum atomic E-state index is 10.7. The van der Waals surface area contributed by atoms with Gasteiger partial charge >= 0.3 is 0 Å². The summed E-state index contributed by atoms with van der Waals surface area (Å²) in [6.45, 7) is 6.43. The van der Waals surface area contributed by atoms with Crippen molar-refractivity contribution >= 4 is 29.4 Å². The maximum absolute atomic E-state index is 10.7. The normalized spacial score (nSPS) is 17.6. The van der Waals surface area contributed by atoms with Crippen molar-refractivity contribution in [3.05, 3.63) is 51.7 Å². The number of nitrogens with one attached hydrogen (secondary N) is 1. The van der Waals surface area contributed by atoms with Crippen LogP contribution in [0, 0.1) is 0 Å². The summed E-state index contributed by atoms with van der Waals surface area (Å²) in [5, 5.41) is 16.3. The highest BCUT2D eigenvalue weighted by Crippen LogP contribution is 2.33. The van der Waals surface area contributed by atoms with Gasteiger partial charge in [0.25, 0.3) is 0 Å². The van der Waals surface area contributed by atoms with Crippen LogP contribution in [-0.4, -0.2) is 11.1 Å². The predicted octanol–water partition coefficient (Wildman–Crippen LogP) is 6.88. The van der Waals surface area contributed by atoms with E-state index < -0.39 is 6.10 Å². The molecule has 0 aliphatic heterocycles. The number of halogens is 1. The van der Waals surface area contributed by atoms with Gasteiger partial charge in [0, 0.05) is 10.6 Å². The Bertz CT molecular complexity index is 661. The van der Waals surface area contributed by atoms with E-state index >= 15 is 0 Å². The first-order valence-electron chi connectivity index (χ1n) is 9.67. The molecule has 0 spiro atoms. The molecule has 4 heteroatoms. The average Bonchev–Trinajstić information content (AvgIpc) is 3.13. The molecule has 26 heavy (non-hydrogen) atoms. The van der Waals surface area contributed by atoms with Crippen LogP contribution in [0.15, 0.2) is 35.7 Å². The van der Waals surface area contributed by atoms with Crippen molar-refractivity contribution in [2.75, 3.05) is 5.32 Å². The van der Waals surface area contributed by atoms with Gasteiger partial charge in [0.15, 0.2) is 0 Å². The number of anilines is 1. The Labute approximate surface area is 168 Å². The van der Waals surface area contributed by atoms with E-state index in [4.69, 9.17) is 0 Å². The van der Waals surface area contributed by atoms with Crippen molar-refractivity contribution in [3.63, 3.8) is 0 Å². The first-order chi connectivity index (χ1) is 12.0. The van der Waals surface area contributed by atoms with Crippen LogP contribution in [0.5, 0.6) is 0 Å². The monoisotopic (exact) mass is 393 g/mol. The van der Waals surface area contributed by atoms with Crippen molar-refractivity contribution in [2.45, 2.75) is 76.9 Å². The van der Waals surface area contributed by atoms with E-state index in [1.807, 2.05) is 0 Å². The molecule has 2 nitrogen and oxygen atoms in total. The molecule has 0 bridgehead atoms. The molecule has 2 N–H and O–H groups in total. The topological polar surface area (TPSA) is 32.3 Å². The third kappa shape index (κ3) is 5.25. The van der Waals surface area contributed by atoms with E-state index in [-0.39, 0.29) is 18.4 Å². The van der Waals surface area contributed by atoms with Crippen LogP contribution in [0.2, 0.25) is 0 Å². The lowest BCUT2D eigenvalue weighted by Crippen LogP contribution is -2.23. The fourth-order valence-electron chi connectivity index (χ4n) is 3.70. The SMILES string of the molecule is CC(C)c1csc(C(O)C(C)Nc2ccc(C3CCCCC3)cc2)c1.Cl. The zero-order chi connectivity index (χ0) is 17.8. The van der Waals surface area contributed by atoms with E-state index in [1.54, 1.807) is 11.3 Å². The molecule has 2 unspecified atom stereocenters. The minimum absolute atomic E-state index is 0. The van der Waals surface area contributed by atoms with Crippen LogP contribution in [-0.2, 0) is 0 Å². The van der Waals surface area contributed by atoms with Crippen molar-refractivity contribution in [1.29, 1.82) is 0 Å². The smallest absolute Gasteiger partial charge is 0.108 e. The van der Waals surface area contributed by atoms with Crippen molar-refractivity contribution in [1.82, 2.24) is 0 Å². The minimum Gasteiger partial charge on any atom is -0.385 e. The van der Waals surface area contributed by atoms with Crippen LogP contribution in [0.25, 0.3) is 0 Å². The van der Waals surface area contributed by atoms with Gasteiger partial charge in [-0.2, -0.15) is 0 Å². The lowest BCUT2D eigenvalue weighted by Gasteiger charge is -2.23. The van der Waals surface area contributed by atoms with E-state index in [1.165, 1.54) is 43.2 Å². The quantitative estimate of drug-likeness (QED) is 0.560. The molecule has 2 aromatic rings. The number of hydrogen-bond donors (Lipinski definition) is 2. The zero-order valence-electron chi connectivity index (χ0n) is 16.1. The molecule has 1 heterocycles. The molecular weight excluding hydrogens is 362 g/mol. The Morgan fingerprint density at radius 3 is 2.27 bits per heavy atom. The molecule has 1 saturated carbocycles. The van der Waals surface area contributed by atoms with E-state index in [0.717, 1.165) is 16.5 Å². The standard InChI is InChI=1S/C22H31NOS.ClH/c1-15(2)19-13-21(25-14-19)22(24)16(3)23-20-11-9-18(10-12-20)17-7-5-4-6-8-17;/h9-17,22-24H,4-8H2,1-3H3;1H. The van der Waals surface area contributed by atoms with Gasteiger partial charge in [-0.1, -0.05) is 45.2 Å². The van der Waals surface area contributed by atoms with Gasteiger partial charge in [0.2, 0.25) is 0 Å². The Hall–Kier alpha value is -1.03. The van der Waals surface area contributed by atoms with Gasteiger partial charge in [0.1, 0.15) is 6.10 Å². The van der Waals surface area contributed by atoms with E-state index in [2.05, 4.69) is 61.8 Å². The molecule has 3 rings (SSSR count). The molecule has 1 fully saturated rings. The number of aliphatic hydroxyl groups excluding tert-OH is 1. The maximum Gasteiger partial charge on any atom is 0.108 e. The van der Waals surface area contributed by atoms with Gasteiger partial charge in [0.05, 0.1) is 6.04 Å². The summed E-state index contributed by atoms with van der Waals surface area (Å²) >= 11 is 1.66. The third-order valence-electron chi connectivity index (χ3n) is 5.45.